The molecule has 0 aliphatic rings. The van der Waals surface area contributed by atoms with E-state index in [1.54, 1.807) is 30.3 Å². The van der Waals surface area contributed by atoms with Gasteiger partial charge in [-0.25, -0.2) is 22.9 Å². The molecule has 0 aliphatic heterocycles. The van der Waals surface area contributed by atoms with E-state index >= 15 is 0 Å². The van der Waals surface area contributed by atoms with Crippen LogP contribution in [0.5, 0.6) is 0 Å². The van der Waals surface area contributed by atoms with Crippen LogP contribution in [0.1, 0.15) is 10.4 Å². The first kappa shape index (κ1) is 21.1. The van der Waals surface area contributed by atoms with Crippen LogP contribution in [0.2, 0.25) is 0 Å². The number of sulfonamides is 1. The summed E-state index contributed by atoms with van der Waals surface area (Å²) in [6.07, 6.45) is 0. The van der Waals surface area contributed by atoms with Crippen LogP contribution in [0.4, 0.5) is 9.93 Å². The van der Waals surface area contributed by atoms with E-state index in [0.717, 1.165) is 11.3 Å². The number of aliphatic hydroxyl groups is 1. The number of aromatic nitrogens is 1. The Morgan fingerprint density at radius 1 is 1.17 bits per heavy atom. The third kappa shape index (κ3) is 4.89. The van der Waals surface area contributed by atoms with Crippen molar-refractivity contribution in [2.45, 2.75) is 4.90 Å². The van der Waals surface area contributed by atoms with Crippen molar-refractivity contribution in [2.75, 3.05) is 17.6 Å². The highest BCUT2D eigenvalue weighted by molar-refractivity contribution is 7.89. The summed E-state index contributed by atoms with van der Waals surface area (Å²) in [7, 11) is -3.79. The van der Waals surface area contributed by atoms with Gasteiger partial charge in [-0.2, -0.15) is 4.42 Å². The first-order valence-corrected chi connectivity index (χ1v) is 10.8. The summed E-state index contributed by atoms with van der Waals surface area (Å²) in [6, 6.07) is 11.5. The molecule has 12 heteroatoms. The number of amides is 3. The average Bonchev–Trinajstić information content (AvgIpc) is 3.15. The van der Waals surface area contributed by atoms with Crippen LogP contribution in [-0.4, -0.2) is 43.6 Å². The number of thiazole rings is 1. The lowest BCUT2D eigenvalue weighted by Gasteiger charge is -2.10. The Hall–Kier alpha value is -2.57. The Balaban J connectivity index is 1.79. The van der Waals surface area contributed by atoms with E-state index in [0.29, 0.717) is 20.2 Å². The highest BCUT2D eigenvalue weighted by Gasteiger charge is 2.22. The zero-order valence-corrected chi connectivity index (χ0v) is 17.1. The number of nitrogens with zero attached hydrogens (tertiary/aromatic N) is 2. The van der Waals surface area contributed by atoms with Crippen molar-refractivity contribution in [3.63, 3.8) is 0 Å². The molecule has 0 atom stereocenters. The van der Waals surface area contributed by atoms with Gasteiger partial charge in [-0.1, -0.05) is 29.5 Å². The average molecular weight is 455 g/mol. The SMILES string of the molecule is O=C(NC(=O)N(Cl)c1nc2ccc(S(=O)(=O)NCCO)cc2s1)c1ccccc1. The molecule has 3 rings (SSSR count). The van der Waals surface area contributed by atoms with E-state index in [-0.39, 0.29) is 23.2 Å². The number of halogens is 1. The zero-order valence-electron chi connectivity index (χ0n) is 14.7. The lowest BCUT2D eigenvalue weighted by molar-refractivity contribution is 0.0966. The third-order valence-electron chi connectivity index (χ3n) is 3.67. The molecule has 0 saturated carbocycles. The fourth-order valence-electron chi connectivity index (χ4n) is 2.30. The number of carbonyl (C=O) groups is 2. The predicted molar refractivity (Wildman–Crippen MR) is 110 cm³/mol. The smallest absolute Gasteiger partial charge is 0.345 e. The molecule has 3 N–H and O–H groups in total. The van der Waals surface area contributed by atoms with Crippen LogP contribution in [0.3, 0.4) is 0 Å². The fourth-order valence-corrected chi connectivity index (χ4v) is 4.51. The Labute approximate surface area is 175 Å². The van der Waals surface area contributed by atoms with Crippen molar-refractivity contribution in [1.82, 2.24) is 15.0 Å². The molecule has 2 aromatic carbocycles. The molecule has 1 aromatic heterocycles. The number of fused-ring (bicyclic) bond motifs is 1. The van der Waals surface area contributed by atoms with Gasteiger partial charge >= 0.3 is 6.03 Å². The second-order valence-corrected chi connectivity index (χ2v) is 8.77. The van der Waals surface area contributed by atoms with Gasteiger partial charge in [-0.3, -0.25) is 10.1 Å². The summed E-state index contributed by atoms with van der Waals surface area (Å²) >= 11 is 7.00. The summed E-state index contributed by atoms with van der Waals surface area (Å²) in [5, 5.41) is 11.0. The molecule has 9 nitrogen and oxygen atoms in total. The third-order valence-corrected chi connectivity index (χ3v) is 6.54. The number of urea groups is 1. The molecule has 0 saturated heterocycles. The molecular formula is C17H15ClN4O5S2. The maximum absolute atomic E-state index is 12.2. The lowest BCUT2D eigenvalue weighted by atomic mass is 10.2. The topological polar surface area (TPSA) is 129 Å². The first-order valence-electron chi connectivity index (χ1n) is 8.19. The summed E-state index contributed by atoms with van der Waals surface area (Å²) in [6.45, 7) is -0.441. The van der Waals surface area contributed by atoms with Crippen LogP contribution >= 0.6 is 23.1 Å². The molecule has 1 heterocycles. The van der Waals surface area contributed by atoms with Crippen molar-refractivity contribution >= 4 is 60.4 Å². The predicted octanol–water partition coefficient (Wildman–Crippen LogP) is 2.08. The van der Waals surface area contributed by atoms with Crippen LogP contribution in [0, 0.1) is 0 Å². The van der Waals surface area contributed by atoms with Crippen molar-refractivity contribution in [3.05, 3.63) is 54.1 Å². The summed E-state index contributed by atoms with van der Waals surface area (Å²) in [5.41, 5.74) is 0.722. The van der Waals surface area contributed by atoms with Crippen LogP contribution in [0.15, 0.2) is 53.4 Å². The normalized spacial score (nSPS) is 11.4. The Morgan fingerprint density at radius 2 is 1.90 bits per heavy atom. The van der Waals surface area contributed by atoms with Gasteiger partial charge < -0.3 is 5.11 Å². The molecular weight excluding hydrogens is 440 g/mol. The molecule has 3 amide bonds. The number of nitrogens with one attached hydrogen (secondary N) is 2. The van der Waals surface area contributed by atoms with Crippen LogP contribution in [0.25, 0.3) is 10.2 Å². The maximum Gasteiger partial charge on any atom is 0.345 e. The summed E-state index contributed by atoms with van der Waals surface area (Å²) in [5.74, 6) is -0.620. The van der Waals surface area contributed by atoms with E-state index in [1.807, 2.05) is 0 Å². The van der Waals surface area contributed by atoms with Crippen molar-refractivity contribution in [3.8, 4) is 0 Å². The maximum atomic E-state index is 12.2. The van der Waals surface area contributed by atoms with E-state index in [1.165, 1.54) is 18.2 Å². The number of benzene rings is 2. The van der Waals surface area contributed by atoms with Crippen molar-refractivity contribution < 1.29 is 23.1 Å². The van der Waals surface area contributed by atoms with Gasteiger partial charge in [0.1, 0.15) is 0 Å². The molecule has 0 radical (unpaired) electrons. The fraction of sp³-hybridized carbons (Fsp3) is 0.118. The molecule has 0 bridgehead atoms. The molecule has 29 heavy (non-hydrogen) atoms. The van der Waals surface area contributed by atoms with Crippen LogP contribution < -0.4 is 14.5 Å². The minimum Gasteiger partial charge on any atom is -0.395 e. The van der Waals surface area contributed by atoms with Gasteiger partial charge in [-0.05, 0) is 30.3 Å². The van der Waals surface area contributed by atoms with Gasteiger partial charge in [-0.15, -0.1) is 0 Å². The van der Waals surface area contributed by atoms with Crippen molar-refractivity contribution in [1.29, 1.82) is 0 Å². The summed E-state index contributed by atoms with van der Waals surface area (Å²) < 4.78 is 27.7. The van der Waals surface area contributed by atoms with E-state index in [2.05, 4.69) is 15.0 Å². The number of aliphatic hydroxyl groups excluding tert-OH is 1. The molecule has 0 fully saturated rings. The number of hydrogen-bond acceptors (Lipinski definition) is 7. The molecule has 0 spiro atoms. The molecule has 152 valence electrons. The standard InChI is InChI=1S/C17H15ClN4O5S2/c18-22(16(25)21-15(24)11-4-2-1-3-5-11)17-20-13-7-6-12(10-14(13)28-17)29(26,27)19-8-9-23/h1-7,10,19,23H,8-9H2,(H,21,24,25). The monoisotopic (exact) mass is 454 g/mol. The second kappa shape index (κ2) is 8.84. The lowest BCUT2D eigenvalue weighted by Crippen LogP contribution is -2.38. The van der Waals surface area contributed by atoms with Gasteiger partial charge in [0.2, 0.25) is 15.2 Å². The quantitative estimate of drug-likeness (QED) is 0.489. The minimum atomic E-state index is -3.79. The highest BCUT2D eigenvalue weighted by atomic mass is 35.5. The number of anilines is 1. The Kier molecular flexibility index (Phi) is 6.45. The van der Waals surface area contributed by atoms with E-state index < -0.39 is 22.0 Å². The van der Waals surface area contributed by atoms with Gasteiger partial charge in [0.05, 0.1) is 21.7 Å². The van der Waals surface area contributed by atoms with Gasteiger partial charge in [0.15, 0.2) is 0 Å². The largest absolute Gasteiger partial charge is 0.395 e. The number of carbonyl (C=O) groups excluding carboxylic acids is 2. The molecule has 3 aromatic rings. The van der Waals surface area contributed by atoms with Gasteiger partial charge in [0.25, 0.3) is 5.91 Å². The number of rotatable bonds is 6. The minimum absolute atomic E-state index is 0.0153. The Morgan fingerprint density at radius 3 is 2.59 bits per heavy atom. The number of hydrogen-bond donors (Lipinski definition) is 3. The zero-order chi connectivity index (χ0) is 21.0. The van der Waals surface area contributed by atoms with Gasteiger partial charge in [0, 0.05) is 23.9 Å². The Bertz CT molecular complexity index is 1150. The van der Waals surface area contributed by atoms with Crippen LogP contribution in [-0.2, 0) is 10.0 Å². The molecule has 0 aliphatic carbocycles. The van der Waals surface area contributed by atoms with E-state index in [9.17, 15) is 18.0 Å². The molecule has 0 unspecified atom stereocenters. The van der Waals surface area contributed by atoms with Crippen molar-refractivity contribution in [2.24, 2.45) is 0 Å². The van der Waals surface area contributed by atoms with E-state index in [4.69, 9.17) is 16.9 Å². The first-order chi connectivity index (χ1) is 13.8. The summed E-state index contributed by atoms with van der Waals surface area (Å²) in [4.78, 5) is 28.5. The highest BCUT2D eigenvalue weighted by Crippen LogP contribution is 2.31. The number of imide groups is 1. The second-order valence-electron chi connectivity index (χ2n) is 5.65.